The van der Waals surface area contributed by atoms with Gasteiger partial charge in [-0.05, 0) is 55.4 Å². The summed E-state index contributed by atoms with van der Waals surface area (Å²) in [7, 11) is 2.06. The molecule has 1 heterocycles. The number of hydrogen-bond donors (Lipinski definition) is 2. The van der Waals surface area contributed by atoms with E-state index in [-0.39, 0.29) is 18.2 Å². The molecule has 0 aromatic carbocycles. The molecule has 1 aromatic heterocycles. The minimum absolute atomic E-state index is 0.0690. The molecule has 3 unspecified atom stereocenters. The summed E-state index contributed by atoms with van der Waals surface area (Å²) >= 11 is 5.20. The van der Waals surface area contributed by atoms with Crippen molar-refractivity contribution in [1.29, 1.82) is 0 Å². The first-order chi connectivity index (χ1) is 7.91. The third-order valence-electron chi connectivity index (χ3n) is 2.76. The lowest BCUT2D eigenvalue weighted by molar-refractivity contribution is 0.144. The molecule has 0 bridgehead atoms. The number of hydrogen-bond acceptors (Lipinski definition) is 4. The van der Waals surface area contributed by atoms with Crippen molar-refractivity contribution in [2.45, 2.75) is 38.5 Å². The van der Waals surface area contributed by atoms with Crippen molar-refractivity contribution in [3.8, 4) is 0 Å². The smallest absolute Gasteiger partial charge is 0.0702 e. The van der Waals surface area contributed by atoms with Crippen LogP contribution in [0.3, 0.4) is 0 Å². The molecular formula is C12H21BrN2OS. The van der Waals surface area contributed by atoms with Crippen molar-refractivity contribution in [3.63, 3.8) is 0 Å². The monoisotopic (exact) mass is 320 g/mol. The summed E-state index contributed by atoms with van der Waals surface area (Å²) in [5.74, 6) is 0. The number of rotatable bonds is 6. The van der Waals surface area contributed by atoms with Gasteiger partial charge in [-0.3, -0.25) is 4.90 Å². The summed E-state index contributed by atoms with van der Waals surface area (Å²) in [6.45, 7) is 4.69. The number of nitrogens with two attached hydrogens (primary N) is 1. The minimum atomic E-state index is -0.263. The molecule has 0 aliphatic carbocycles. The molecule has 0 spiro atoms. The second-order valence-corrected chi connectivity index (χ2v) is 7.06. The molecule has 3 atom stereocenters. The molecule has 0 amide bonds. The molecule has 3 N–H and O–H groups in total. The zero-order valence-electron chi connectivity index (χ0n) is 10.6. The van der Waals surface area contributed by atoms with Gasteiger partial charge in [0.1, 0.15) is 0 Å². The van der Waals surface area contributed by atoms with Crippen LogP contribution in [0.2, 0.25) is 0 Å². The molecule has 17 heavy (non-hydrogen) atoms. The zero-order chi connectivity index (χ0) is 13.0. The van der Waals surface area contributed by atoms with E-state index in [2.05, 4.69) is 40.0 Å². The average Bonchev–Trinajstić information content (AvgIpc) is 2.61. The third kappa shape index (κ3) is 4.67. The summed E-state index contributed by atoms with van der Waals surface area (Å²) in [6, 6.07) is 4.45. The van der Waals surface area contributed by atoms with Gasteiger partial charge in [0, 0.05) is 17.5 Å². The molecule has 0 aliphatic heterocycles. The van der Waals surface area contributed by atoms with E-state index in [1.165, 1.54) is 4.88 Å². The van der Waals surface area contributed by atoms with Crippen molar-refractivity contribution in [2.24, 2.45) is 5.73 Å². The SMILES string of the molecule is CC(O)CCN(C)C(c1ccc(Br)s1)C(C)N. The number of thiophene rings is 1. The van der Waals surface area contributed by atoms with Gasteiger partial charge in [0.25, 0.3) is 0 Å². The predicted molar refractivity (Wildman–Crippen MR) is 77.3 cm³/mol. The second kappa shape index (κ2) is 6.85. The van der Waals surface area contributed by atoms with Gasteiger partial charge < -0.3 is 10.8 Å². The number of halogens is 1. The first kappa shape index (κ1) is 15.1. The number of nitrogens with zero attached hydrogens (tertiary/aromatic N) is 1. The second-order valence-electron chi connectivity index (χ2n) is 4.56. The fraction of sp³-hybridized carbons (Fsp3) is 0.667. The van der Waals surface area contributed by atoms with Crippen molar-refractivity contribution < 1.29 is 5.11 Å². The molecule has 1 aromatic rings. The Labute approximate surface area is 116 Å². The van der Waals surface area contributed by atoms with Gasteiger partial charge in [-0.1, -0.05) is 0 Å². The first-order valence-electron chi connectivity index (χ1n) is 5.81. The third-order valence-corrected chi connectivity index (χ3v) is 4.45. The molecule has 0 fully saturated rings. The van der Waals surface area contributed by atoms with Crippen LogP contribution in [0.25, 0.3) is 0 Å². The summed E-state index contributed by atoms with van der Waals surface area (Å²) < 4.78 is 1.13. The largest absolute Gasteiger partial charge is 0.393 e. The highest BCUT2D eigenvalue weighted by molar-refractivity contribution is 9.11. The molecule has 0 radical (unpaired) electrons. The van der Waals surface area contributed by atoms with Gasteiger partial charge >= 0.3 is 0 Å². The standard InChI is InChI=1S/C12H21BrN2OS/c1-8(16)6-7-15(3)12(9(2)14)10-4-5-11(13)17-10/h4-5,8-9,12,16H,6-7,14H2,1-3H3. The van der Waals surface area contributed by atoms with Gasteiger partial charge in [0.15, 0.2) is 0 Å². The van der Waals surface area contributed by atoms with E-state index in [0.717, 1.165) is 16.8 Å². The maximum absolute atomic E-state index is 9.33. The van der Waals surface area contributed by atoms with Crippen LogP contribution in [-0.2, 0) is 0 Å². The Bertz CT molecular complexity index is 341. The van der Waals surface area contributed by atoms with E-state index in [9.17, 15) is 5.11 Å². The number of aliphatic hydroxyl groups excluding tert-OH is 1. The van der Waals surface area contributed by atoms with E-state index in [1.807, 2.05) is 13.8 Å². The van der Waals surface area contributed by atoms with Crippen LogP contribution in [0.5, 0.6) is 0 Å². The molecular weight excluding hydrogens is 300 g/mol. The highest BCUT2D eigenvalue weighted by Gasteiger charge is 2.22. The van der Waals surface area contributed by atoms with Crippen LogP contribution in [0.1, 0.15) is 31.2 Å². The van der Waals surface area contributed by atoms with Gasteiger partial charge in [0.05, 0.1) is 15.9 Å². The zero-order valence-corrected chi connectivity index (χ0v) is 13.0. The van der Waals surface area contributed by atoms with E-state index in [1.54, 1.807) is 11.3 Å². The van der Waals surface area contributed by atoms with Crippen LogP contribution in [0.4, 0.5) is 0 Å². The topological polar surface area (TPSA) is 49.5 Å². The van der Waals surface area contributed by atoms with E-state index in [0.29, 0.717) is 0 Å². The van der Waals surface area contributed by atoms with Gasteiger partial charge in [0.2, 0.25) is 0 Å². The Hall–Kier alpha value is 0.0600. The fourth-order valence-corrected chi connectivity index (χ4v) is 3.60. The van der Waals surface area contributed by atoms with Crippen LogP contribution < -0.4 is 5.73 Å². The van der Waals surface area contributed by atoms with Crippen LogP contribution in [0, 0.1) is 0 Å². The molecule has 3 nitrogen and oxygen atoms in total. The molecule has 0 aliphatic rings. The Morgan fingerprint density at radius 2 is 2.12 bits per heavy atom. The van der Waals surface area contributed by atoms with E-state index >= 15 is 0 Å². The van der Waals surface area contributed by atoms with Gasteiger partial charge in [-0.15, -0.1) is 11.3 Å². The van der Waals surface area contributed by atoms with Crippen LogP contribution in [0.15, 0.2) is 15.9 Å². The Morgan fingerprint density at radius 3 is 2.53 bits per heavy atom. The Balaban J connectivity index is 2.72. The van der Waals surface area contributed by atoms with Crippen molar-refractivity contribution in [1.82, 2.24) is 4.90 Å². The van der Waals surface area contributed by atoms with Crippen molar-refractivity contribution in [2.75, 3.05) is 13.6 Å². The quantitative estimate of drug-likeness (QED) is 0.847. The predicted octanol–water partition coefficient (Wildman–Crippen LogP) is 2.60. The molecule has 0 saturated carbocycles. The average molecular weight is 321 g/mol. The molecule has 98 valence electrons. The number of likely N-dealkylation sites (N-methyl/N-ethyl adjacent to an activating group) is 1. The van der Waals surface area contributed by atoms with Crippen LogP contribution in [-0.4, -0.2) is 35.7 Å². The maximum atomic E-state index is 9.33. The summed E-state index contributed by atoms with van der Waals surface area (Å²) in [5.41, 5.74) is 6.07. The summed E-state index contributed by atoms with van der Waals surface area (Å²) in [4.78, 5) is 3.48. The summed E-state index contributed by atoms with van der Waals surface area (Å²) in [6.07, 6.45) is 0.507. The maximum Gasteiger partial charge on any atom is 0.0702 e. The lowest BCUT2D eigenvalue weighted by Crippen LogP contribution is -2.37. The van der Waals surface area contributed by atoms with Crippen molar-refractivity contribution in [3.05, 3.63) is 20.8 Å². The molecule has 0 saturated heterocycles. The van der Waals surface area contributed by atoms with E-state index < -0.39 is 0 Å². The van der Waals surface area contributed by atoms with Gasteiger partial charge in [-0.25, -0.2) is 0 Å². The summed E-state index contributed by atoms with van der Waals surface area (Å²) in [5, 5.41) is 9.33. The lowest BCUT2D eigenvalue weighted by Gasteiger charge is -2.30. The highest BCUT2D eigenvalue weighted by Crippen LogP contribution is 2.31. The van der Waals surface area contributed by atoms with Crippen molar-refractivity contribution >= 4 is 27.3 Å². The Kier molecular flexibility index (Phi) is 6.09. The lowest BCUT2D eigenvalue weighted by atomic mass is 10.1. The molecule has 1 rings (SSSR count). The fourth-order valence-electron chi connectivity index (χ4n) is 1.89. The Morgan fingerprint density at radius 1 is 1.47 bits per heavy atom. The highest BCUT2D eigenvalue weighted by atomic mass is 79.9. The first-order valence-corrected chi connectivity index (χ1v) is 7.42. The van der Waals surface area contributed by atoms with Gasteiger partial charge in [-0.2, -0.15) is 0 Å². The normalized spacial score (nSPS) is 17.1. The van der Waals surface area contributed by atoms with E-state index in [4.69, 9.17) is 5.73 Å². The molecule has 5 heteroatoms. The number of aliphatic hydroxyl groups is 1. The minimum Gasteiger partial charge on any atom is -0.393 e. The van der Waals surface area contributed by atoms with Crippen LogP contribution >= 0.6 is 27.3 Å².